The maximum Gasteiger partial charge on any atom is 0.252 e. The summed E-state index contributed by atoms with van der Waals surface area (Å²) in [4.78, 5) is 14.2. The molecule has 2 heterocycles. The van der Waals surface area contributed by atoms with Gasteiger partial charge in [-0.25, -0.2) is 13.3 Å². The van der Waals surface area contributed by atoms with Crippen molar-refractivity contribution in [3.05, 3.63) is 112 Å². The lowest BCUT2D eigenvalue weighted by molar-refractivity contribution is -0.116. The molecule has 0 aliphatic carbocycles. The summed E-state index contributed by atoms with van der Waals surface area (Å²) in [6.07, 6.45) is 8.53. The Hall–Kier alpha value is -3.56. The number of nitrogens with zero attached hydrogens (tertiary/aromatic N) is 3. The van der Waals surface area contributed by atoms with Gasteiger partial charge in [0.25, 0.3) is 5.91 Å². The highest BCUT2D eigenvalue weighted by molar-refractivity contribution is 9.10. The Morgan fingerprint density at radius 3 is 2.34 bits per heavy atom. The van der Waals surface area contributed by atoms with E-state index in [1.165, 1.54) is 18.6 Å². The van der Waals surface area contributed by atoms with Crippen LogP contribution in [0.3, 0.4) is 0 Å². The highest BCUT2D eigenvalue weighted by Gasteiger charge is 2.24. The first-order valence-corrected chi connectivity index (χ1v) is 15.4. The monoisotopic (exact) mass is 638 g/mol. The van der Waals surface area contributed by atoms with E-state index < -0.39 is 17.0 Å². The molecule has 2 atom stereocenters. The van der Waals surface area contributed by atoms with E-state index in [1.807, 2.05) is 44.2 Å². The fourth-order valence-electron chi connectivity index (χ4n) is 4.17. The second-order valence-corrected chi connectivity index (χ2v) is 11.6. The minimum Gasteiger partial charge on any atom is -0.344 e. The van der Waals surface area contributed by atoms with E-state index in [0.717, 1.165) is 10.0 Å². The molecule has 0 fully saturated rings. The Balaban J connectivity index is 0.00000147. The fraction of sp³-hybridized carbons (Fsp3) is 0.250. The maximum atomic E-state index is 13.6. The molecule has 4 rings (SSSR count). The largest absolute Gasteiger partial charge is 0.344 e. The van der Waals surface area contributed by atoms with Crippen molar-refractivity contribution in [2.24, 2.45) is 0 Å². The quantitative estimate of drug-likeness (QED) is 0.188. The lowest BCUT2D eigenvalue weighted by atomic mass is 10.0. The number of nitrogens with one attached hydrogen (secondary N) is 1. The summed E-state index contributed by atoms with van der Waals surface area (Å²) in [6.45, 7) is 13.9. The smallest absolute Gasteiger partial charge is 0.252 e. The van der Waals surface area contributed by atoms with Crippen LogP contribution in [0.1, 0.15) is 69.1 Å². The van der Waals surface area contributed by atoms with E-state index in [-0.39, 0.29) is 11.7 Å². The Labute approximate surface area is 252 Å². The average Bonchev–Trinajstić information content (AvgIpc) is 3.56. The molecule has 4 aromatic rings. The Kier molecular flexibility index (Phi) is 11.6. The molecule has 2 aromatic heterocycles. The summed E-state index contributed by atoms with van der Waals surface area (Å²) in [5, 5.41) is 7.53. The van der Waals surface area contributed by atoms with E-state index in [9.17, 15) is 13.4 Å². The predicted octanol–water partition coefficient (Wildman–Crippen LogP) is 8.18. The van der Waals surface area contributed by atoms with Crippen molar-refractivity contribution in [3.8, 4) is 5.69 Å². The fourth-order valence-corrected chi connectivity index (χ4v) is 5.93. The van der Waals surface area contributed by atoms with Crippen LogP contribution in [0.2, 0.25) is 0 Å². The zero-order valence-electron chi connectivity index (χ0n) is 24.0. The Morgan fingerprint density at radius 2 is 1.78 bits per heavy atom. The third-order valence-corrected chi connectivity index (χ3v) is 7.93. The third kappa shape index (κ3) is 7.59. The number of rotatable bonds is 9. The number of amides is 1. The average molecular weight is 640 g/mol. The number of carbonyl (C=O) groups excluding carboxylic acids is 1. The van der Waals surface area contributed by atoms with Gasteiger partial charge in [-0.1, -0.05) is 57.5 Å². The molecular formula is C32H36BrFN4O2S. The third-order valence-electron chi connectivity index (χ3n) is 6.15. The van der Waals surface area contributed by atoms with Gasteiger partial charge in [-0.3, -0.25) is 8.77 Å². The number of hydrogen-bond acceptors (Lipinski definition) is 3. The normalized spacial score (nSPS) is 12.7. The van der Waals surface area contributed by atoms with Crippen LogP contribution < -0.4 is 5.32 Å². The number of aryl methyl sites for hydroxylation is 1. The molecule has 2 unspecified atom stereocenters. The van der Waals surface area contributed by atoms with Crippen LogP contribution in [0.5, 0.6) is 0 Å². The minimum atomic E-state index is -1.49. The molecule has 0 aliphatic heterocycles. The standard InChI is InChI=1S/C29H28BrFN4O2S.C3H8/c1-5-24(25-17-32-35(27(25)7-3)22-12-10-21(31)11-13-22)29(36)33-26(6-2)28-16-20(30)18-34(28)38(37)23-14-8-19(4)9-15-23;1-3-2/h5,7-18,26H,3,6H2,1-2,4H3,(H,33,36);3H2,1-2H3/b24-5+;. The maximum absolute atomic E-state index is 13.6. The first kappa shape index (κ1) is 32.0. The highest BCUT2D eigenvalue weighted by Crippen LogP contribution is 2.28. The van der Waals surface area contributed by atoms with E-state index in [0.29, 0.717) is 39.5 Å². The SMILES string of the molecule is C=Cc1c(/C(=C\C)C(=O)NC(CC)c2cc(Br)cn2S(=O)c2ccc(C)cc2)cnn1-c1ccc(F)cc1.CCC. The van der Waals surface area contributed by atoms with Crippen LogP contribution in [0.15, 0.2) is 89.0 Å². The first-order valence-electron chi connectivity index (χ1n) is 13.5. The van der Waals surface area contributed by atoms with Gasteiger partial charge in [-0.2, -0.15) is 5.10 Å². The molecule has 0 spiro atoms. The molecule has 0 saturated carbocycles. The number of halogens is 2. The zero-order valence-corrected chi connectivity index (χ0v) is 26.4. The van der Waals surface area contributed by atoms with E-state index in [2.05, 4.69) is 46.8 Å². The topological polar surface area (TPSA) is 68.9 Å². The van der Waals surface area contributed by atoms with Crippen molar-refractivity contribution in [1.29, 1.82) is 0 Å². The number of carbonyl (C=O) groups is 1. The molecule has 2 aromatic carbocycles. The van der Waals surface area contributed by atoms with Gasteiger partial charge in [-0.05, 0) is 84.7 Å². The van der Waals surface area contributed by atoms with Crippen LogP contribution >= 0.6 is 15.9 Å². The molecule has 1 amide bonds. The summed E-state index contributed by atoms with van der Waals surface area (Å²) < 4.78 is 30.9. The Morgan fingerprint density at radius 1 is 1.15 bits per heavy atom. The molecule has 1 N–H and O–H groups in total. The van der Waals surface area contributed by atoms with Gasteiger partial charge < -0.3 is 5.32 Å². The van der Waals surface area contributed by atoms with Crippen molar-refractivity contribution in [3.63, 3.8) is 0 Å². The van der Waals surface area contributed by atoms with Crippen LogP contribution in [-0.2, 0) is 15.8 Å². The molecule has 0 radical (unpaired) electrons. The van der Waals surface area contributed by atoms with Gasteiger partial charge in [0.15, 0.2) is 11.0 Å². The van der Waals surface area contributed by atoms with Crippen LogP contribution in [-0.4, -0.2) is 23.9 Å². The minimum absolute atomic E-state index is 0.300. The van der Waals surface area contributed by atoms with Gasteiger partial charge >= 0.3 is 0 Å². The van der Waals surface area contributed by atoms with E-state index >= 15 is 0 Å². The van der Waals surface area contributed by atoms with Gasteiger partial charge in [0.05, 0.1) is 34.2 Å². The molecule has 41 heavy (non-hydrogen) atoms. The van der Waals surface area contributed by atoms with E-state index in [1.54, 1.807) is 52.3 Å². The van der Waals surface area contributed by atoms with Crippen LogP contribution in [0.4, 0.5) is 4.39 Å². The second-order valence-electron chi connectivity index (χ2n) is 9.35. The number of aromatic nitrogens is 3. The number of benzene rings is 2. The van der Waals surface area contributed by atoms with Gasteiger partial charge in [0.1, 0.15) is 5.82 Å². The van der Waals surface area contributed by atoms with Crippen LogP contribution in [0.25, 0.3) is 17.3 Å². The lowest BCUT2D eigenvalue weighted by Crippen LogP contribution is -2.30. The molecule has 0 bridgehead atoms. The molecule has 0 aliphatic rings. The predicted molar refractivity (Wildman–Crippen MR) is 170 cm³/mol. The van der Waals surface area contributed by atoms with Crippen molar-refractivity contribution in [2.75, 3.05) is 0 Å². The highest BCUT2D eigenvalue weighted by atomic mass is 79.9. The molecular weight excluding hydrogens is 603 g/mol. The number of hydrogen-bond donors (Lipinski definition) is 1. The van der Waals surface area contributed by atoms with E-state index in [4.69, 9.17) is 0 Å². The molecule has 216 valence electrons. The lowest BCUT2D eigenvalue weighted by Gasteiger charge is -2.20. The Bertz CT molecular complexity index is 1540. The van der Waals surface area contributed by atoms with Gasteiger partial charge in [0, 0.05) is 21.8 Å². The van der Waals surface area contributed by atoms with Crippen molar-refractivity contribution < 1.29 is 13.4 Å². The summed E-state index contributed by atoms with van der Waals surface area (Å²) in [5.41, 5.74) is 4.07. The summed E-state index contributed by atoms with van der Waals surface area (Å²) in [5.74, 6) is -0.647. The van der Waals surface area contributed by atoms with Gasteiger partial charge in [0.2, 0.25) is 0 Å². The second kappa shape index (κ2) is 14.9. The van der Waals surface area contributed by atoms with Crippen molar-refractivity contribution in [2.45, 2.75) is 58.4 Å². The molecule has 0 saturated heterocycles. The first-order chi connectivity index (χ1) is 19.7. The molecule has 6 nitrogen and oxygen atoms in total. The summed E-state index contributed by atoms with van der Waals surface area (Å²) in [6, 6.07) is 14.9. The summed E-state index contributed by atoms with van der Waals surface area (Å²) in [7, 11) is -1.49. The number of allylic oxidation sites excluding steroid dienone is 1. The van der Waals surface area contributed by atoms with Gasteiger partial charge in [-0.15, -0.1) is 0 Å². The molecule has 9 heteroatoms. The van der Waals surface area contributed by atoms with Crippen molar-refractivity contribution >= 4 is 44.5 Å². The van der Waals surface area contributed by atoms with Crippen molar-refractivity contribution in [1.82, 2.24) is 19.1 Å². The zero-order chi connectivity index (χ0) is 30.1. The van der Waals surface area contributed by atoms with Crippen LogP contribution in [0, 0.1) is 12.7 Å². The summed E-state index contributed by atoms with van der Waals surface area (Å²) >= 11 is 3.50.